The molecule has 1 unspecified atom stereocenters. The largest absolute Gasteiger partial charge is 0.341 e. The number of benzene rings is 1. The number of rotatable bonds is 4. The Morgan fingerprint density at radius 2 is 1.69 bits per heavy atom. The molecule has 26 heavy (non-hydrogen) atoms. The highest BCUT2D eigenvalue weighted by Gasteiger charge is 2.34. The van der Waals surface area contributed by atoms with Gasteiger partial charge in [-0.3, -0.25) is 9.59 Å². The van der Waals surface area contributed by atoms with Crippen LogP contribution in [0.2, 0.25) is 0 Å². The van der Waals surface area contributed by atoms with E-state index in [4.69, 9.17) is 0 Å². The molecule has 2 fully saturated rings. The van der Waals surface area contributed by atoms with Crippen LogP contribution in [0.5, 0.6) is 0 Å². The number of halogens is 1. The molecule has 2 heterocycles. The Balaban J connectivity index is 1.65. The molecule has 2 aliphatic heterocycles. The molecule has 5 nitrogen and oxygen atoms in total. The summed E-state index contributed by atoms with van der Waals surface area (Å²) >= 11 is 0. The summed E-state index contributed by atoms with van der Waals surface area (Å²) < 4.78 is 13.1. The summed E-state index contributed by atoms with van der Waals surface area (Å²) in [6, 6.07) is 4.81. The first-order valence-corrected chi connectivity index (χ1v) is 9.51. The number of carbonyl (C=O) groups is 2. The highest BCUT2D eigenvalue weighted by atomic mass is 19.1. The summed E-state index contributed by atoms with van der Waals surface area (Å²) in [6.07, 6.45) is 2.03. The molecular weight excluding hydrogens is 333 g/mol. The standard InChI is InChI=1S/C20H28FN3O2/c1-13(2)18(23-19(25)14-3-5-17(21)6-4-14)20(26)24-9-7-15-11-22-12-16(15)8-10-24/h3-6,13,15-16,18,22H,7-12H2,1-2H3,(H,23,25)/t15-,16+,18?. The summed E-state index contributed by atoms with van der Waals surface area (Å²) in [5.74, 6) is 0.550. The first-order chi connectivity index (χ1) is 12.5. The van der Waals surface area contributed by atoms with Gasteiger partial charge in [0.2, 0.25) is 5.91 Å². The topological polar surface area (TPSA) is 61.4 Å². The summed E-state index contributed by atoms with van der Waals surface area (Å²) in [5.41, 5.74) is 0.362. The maximum Gasteiger partial charge on any atom is 0.251 e. The molecule has 1 aromatic carbocycles. The van der Waals surface area contributed by atoms with Crippen LogP contribution in [0.1, 0.15) is 37.0 Å². The molecule has 0 spiro atoms. The van der Waals surface area contributed by atoms with Crippen molar-refractivity contribution in [2.45, 2.75) is 32.7 Å². The zero-order valence-electron chi connectivity index (χ0n) is 15.5. The third kappa shape index (κ3) is 4.23. The molecule has 2 aliphatic rings. The number of likely N-dealkylation sites (tertiary alicyclic amines) is 1. The van der Waals surface area contributed by atoms with Crippen LogP contribution in [0, 0.1) is 23.6 Å². The molecule has 0 bridgehead atoms. The maximum atomic E-state index is 13.1. The fourth-order valence-electron chi connectivity index (χ4n) is 3.97. The number of hydrogen-bond acceptors (Lipinski definition) is 3. The number of nitrogens with zero attached hydrogens (tertiary/aromatic N) is 1. The minimum atomic E-state index is -0.566. The van der Waals surface area contributed by atoms with Crippen LogP contribution in [0.3, 0.4) is 0 Å². The van der Waals surface area contributed by atoms with E-state index in [-0.39, 0.29) is 23.5 Å². The van der Waals surface area contributed by atoms with Gasteiger partial charge in [-0.2, -0.15) is 0 Å². The summed E-state index contributed by atoms with van der Waals surface area (Å²) in [7, 11) is 0. The number of fused-ring (bicyclic) bond motifs is 1. The van der Waals surface area contributed by atoms with Crippen LogP contribution < -0.4 is 10.6 Å². The highest BCUT2D eigenvalue weighted by molar-refractivity contribution is 5.97. The molecule has 3 atom stereocenters. The van der Waals surface area contributed by atoms with E-state index in [0.29, 0.717) is 17.4 Å². The number of nitrogens with one attached hydrogen (secondary N) is 2. The molecular formula is C20H28FN3O2. The molecule has 2 amide bonds. The van der Waals surface area contributed by atoms with Gasteiger partial charge in [-0.1, -0.05) is 13.8 Å². The minimum Gasteiger partial charge on any atom is -0.341 e. The predicted octanol–water partition coefficient (Wildman–Crippen LogP) is 2.04. The van der Waals surface area contributed by atoms with Crippen molar-refractivity contribution in [1.82, 2.24) is 15.5 Å². The van der Waals surface area contributed by atoms with Gasteiger partial charge in [0, 0.05) is 18.7 Å². The van der Waals surface area contributed by atoms with Gasteiger partial charge >= 0.3 is 0 Å². The number of carbonyl (C=O) groups excluding carboxylic acids is 2. The molecule has 6 heteroatoms. The predicted molar refractivity (Wildman–Crippen MR) is 98.2 cm³/mol. The van der Waals surface area contributed by atoms with Crippen molar-refractivity contribution in [3.8, 4) is 0 Å². The van der Waals surface area contributed by atoms with Gasteiger partial charge in [0.15, 0.2) is 0 Å². The van der Waals surface area contributed by atoms with Crippen molar-refractivity contribution >= 4 is 11.8 Å². The lowest BCUT2D eigenvalue weighted by atomic mass is 9.92. The summed E-state index contributed by atoms with van der Waals surface area (Å²) in [6.45, 7) is 7.45. The van der Waals surface area contributed by atoms with E-state index in [1.165, 1.54) is 24.3 Å². The van der Waals surface area contributed by atoms with Crippen molar-refractivity contribution in [1.29, 1.82) is 0 Å². The van der Waals surface area contributed by atoms with Crippen LogP contribution in [0.25, 0.3) is 0 Å². The maximum absolute atomic E-state index is 13.1. The van der Waals surface area contributed by atoms with Gasteiger partial charge in [0.05, 0.1) is 0 Å². The van der Waals surface area contributed by atoms with E-state index in [2.05, 4.69) is 10.6 Å². The monoisotopic (exact) mass is 361 g/mol. The Morgan fingerprint density at radius 3 is 2.23 bits per heavy atom. The van der Waals surface area contributed by atoms with E-state index in [0.717, 1.165) is 39.0 Å². The van der Waals surface area contributed by atoms with Gasteiger partial charge in [-0.25, -0.2) is 4.39 Å². The Morgan fingerprint density at radius 1 is 1.12 bits per heavy atom. The number of amides is 2. The summed E-state index contributed by atoms with van der Waals surface area (Å²) in [4.78, 5) is 27.5. The van der Waals surface area contributed by atoms with Gasteiger partial charge in [-0.15, -0.1) is 0 Å². The molecule has 2 N–H and O–H groups in total. The molecule has 0 aromatic heterocycles. The normalized spacial score (nSPS) is 24.1. The van der Waals surface area contributed by atoms with Gasteiger partial charge in [0.25, 0.3) is 5.91 Å². The van der Waals surface area contributed by atoms with E-state index in [9.17, 15) is 14.0 Å². The Bertz CT molecular complexity index is 633. The minimum absolute atomic E-state index is 0.0107. The fourth-order valence-corrected chi connectivity index (χ4v) is 3.97. The van der Waals surface area contributed by atoms with E-state index >= 15 is 0 Å². The molecule has 0 aliphatic carbocycles. The lowest BCUT2D eigenvalue weighted by Gasteiger charge is -2.29. The average Bonchev–Trinajstić information content (AvgIpc) is 2.97. The van der Waals surface area contributed by atoms with Crippen molar-refractivity contribution in [2.24, 2.45) is 17.8 Å². The Kier molecular flexibility index (Phi) is 5.91. The van der Waals surface area contributed by atoms with Crippen LogP contribution in [0.15, 0.2) is 24.3 Å². The van der Waals surface area contributed by atoms with Crippen LogP contribution >= 0.6 is 0 Å². The Hall–Kier alpha value is -1.95. The number of hydrogen-bond donors (Lipinski definition) is 2. The SMILES string of the molecule is CC(C)C(NC(=O)c1ccc(F)cc1)C(=O)N1CC[C@@H]2CNC[C@@H]2CC1. The van der Waals surface area contributed by atoms with E-state index < -0.39 is 6.04 Å². The first kappa shape index (κ1) is 18.8. The second-order valence-electron chi connectivity index (χ2n) is 7.78. The van der Waals surface area contributed by atoms with Gasteiger partial charge in [0.1, 0.15) is 11.9 Å². The molecule has 142 valence electrons. The molecule has 0 radical (unpaired) electrons. The fraction of sp³-hybridized carbons (Fsp3) is 0.600. The zero-order valence-corrected chi connectivity index (χ0v) is 15.5. The smallest absolute Gasteiger partial charge is 0.251 e. The van der Waals surface area contributed by atoms with E-state index in [1.807, 2.05) is 18.7 Å². The molecule has 0 saturated carbocycles. The van der Waals surface area contributed by atoms with E-state index in [1.54, 1.807) is 0 Å². The second-order valence-corrected chi connectivity index (χ2v) is 7.78. The Labute approximate surface area is 154 Å². The lowest BCUT2D eigenvalue weighted by Crippen LogP contribution is -2.51. The van der Waals surface area contributed by atoms with Crippen LogP contribution in [-0.4, -0.2) is 48.9 Å². The molecule has 1 aromatic rings. The van der Waals surface area contributed by atoms with Crippen LogP contribution in [-0.2, 0) is 4.79 Å². The third-order valence-corrected chi connectivity index (χ3v) is 5.66. The van der Waals surface area contributed by atoms with Crippen molar-refractivity contribution in [2.75, 3.05) is 26.2 Å². The van der Waals surface area contributed by atoms with Crippen LogP contribution in [0.4, 0.5) is 4.39 Å². The third-order valence-electron chi connectivity index (χ3n) is 5.66. The quantitative estimate of drug-likeness (QED) is 0.863. The van der Waals surface area contributed by atoms with Crippen molar-refractivity contribution < 1.29 is 14.0 Å². The van der Waals surface area contributed by atoms with Gasteiger partial charge < -0.3 is 15.5 Å². The zero-order chi connectivity index (χ0) is 18.7. The van der Waals surface area contributed by atoms with Crippen molar-refractivity contribution in [3.63, 3.8) is 0 Å². The van der Waals surface area contributed by atoms with Crippen molar-refractivity contribution in [3.05, 3.63) is 35.6 Å². The summed E-state index contributed by atoms with van der Waals surface area (Å²) in [5, 5.41) is 6.29. The first-order valence-electron chi connectivity index (χ1n) is 9.51. The average molecular weight is 361 g/mol. The lowest BCUT2D eigenvalue weighted by molar-refractivity contribution is -0.134. The molecule has 2 saturated heterocycles. The second kappa shape index (κ2) is 8.16. The van der Waals surface area contributed by atoms with Gasteiger partial charge in [-0.05, 0) is 68.0 Å². The highest BCUT2D eigenvalue weighted by Crippen LogP contribution is 2.27. The molecule has 3 rings (SSSR count).